The first-order chi connectivity index (χ1) is 9.38. The maximum atomic E-state index is 11.6. The quantitative estimate of drug-likeness (QED) is 0.699. The molecular formula is C15H16ClNO3. The van der Waals surface area contributed by atoms with Crippen LogP contribution in [0.25, 0.3) is 11.0 Å². The van der Waals surface area contributed by atoms with Crippen molar-refractivity contribution in [3.63, 3.8) is 0 Å². The summed E-state index contributed by atoms with van der Waals surface area (Å²) in [5.41, 5.74) is 2.98. The van der Waals surface area contributed by atoms with Crippen LogP contribution in [0.15, 0.2) is 27.4 Å². The predicted octanol–water partition coefficient (Wildman–Crippen LogP) is 2.65. The normalized spacial score (nSPS) is 12.4. The van der Waals surface area contributed by atoms with Crippen molar-refractivity contribution in [1.82, 2.24) is 5.32 Å². The van der Waals surface area contributed by atoms with Crippen LogP contribution < -0.4 is 10.9 Å². The number of hydrogen-bond donors (Lipinski definition) is 1. The Morgan fingerprint density at radius 2 is 1.95 bits per heavy atom. The number of fused-ring (bicyclic) bond motifs is 1. The van der Waals surface area contributed by atoms with Crippen LogP contribution in [0.2, 0.25) is 0 Å². The van der Waals surface area contributed by atoms with Gasteiger partial charge in [0.05, 0.1) is 0 Å². The molecule has 2 rings (SSSR count). The van der Waals surface area contributed by atoms with E-state index in [1.54, 1.807) is 6.92 Å². The minimum absolute atomic E-state index is 0.250. The van der Waals surface area contributed by atoms with Crippen LogP contribution in [0.5, 0.6) is 0 Å². The first-order valence-electron chi connectivity index (χ1n) is 6.34. The average molecular weight is 294 g/mol. The number of halogens is 1. The first-order valence-corrected chi connectivity index (χ1v) is 6.78. The van der Waals surface area contributed by atoms with Crippen LogP contribution in [0, 0.1) is 13.8 Å². The van der Waals surface area contributed by atoms with Crippen molar-refractivity contribution in [2.24, 2.45) is 0 Å². The molecule has 0 fully saturated rings. The van der Waals surface area contributed by atoms with Gasteiger partial charge in [-0.05, 0) is 49.6 Å². The van der Waals surface area contributed by atoms with Gasteiger partial charge in [0, 0.05) is 18.0 Å². The molecule has 1 atom stereocenters. The highest BCUT2D eigenvalue weighted by atomic mass is 35.5. The Morgan fingerprint density at radius 3 is 2.60 bits per heavy atom. The van der Waals surface area contributed by atoms with E-state index in [9.17, 15) is 9.59 Å². The minimum Gasteiger partial charge on any atom is -0.423 e. The minimum atomic E-state index is -0.606. The molecule has 0 aliphatic rings. The molecular weight excluding hydrogens is 278 g/mol. The summed E-state index contributed by atoms with van der Waals surface area (Å²) < 4.78 is 5.20. The van der Waals surface area contributed by atoms with Crippen molar-refractivity contribution in [3.05, 3.63) is 45.3 Å². The van der Waals surface area contributed by atoms with Crippen molar-refractivity contribution in [2.75, 3.05) is 0 Å². The van der Waals surface area contributed by atoms with Crippen LogP contribution in [-0.4, -0.2) is 11.3 Å². The second-order valence-corrected chi connectivity index (χ2v) is 5.51. The number of alkyl halides is 1. The molecule has 1 N–H and O–H groups in total. The van der Waals surface area contributed by atoms with Gasteiger partial charge in [0.15, 0.2) is 0 Å². The zero-order chi connectivity index (χ0) is 14.9. The molecule has 1 unspecified atom stereocenters. The summed E-state index contributed by atoms with van der Waals surface area (Å²) in [6.45, 7) is 5.80. The standard InChI is InChI=1S/C15H16ClNO3/c1-8-4-12-11(7-17-15(19)10(3)16)6-14(18)20-13(12)5-9(8)2/h4-6,10H,7H2,1-3H3,(H,17,19). The van der Waals surface area contributed by atoms with Crippen LogP contribution >= 0.6 is 11.6 Å². The summed E-state index contributed by atoms with van der Waals surface area (Å²) in [5, 5.41) is 2.92. The van der Waals surface area contributed by atoms with Gasteiger partial charge in [-0.15, -0.1) is 11.6 Å². The number of benzene rings is 1. The first kappa shape index (κ1) is 14.6. The third kappa shape index (κ3) is 3.02. The highest BCUT2D eigenvalue weighted by Gasteiger charge is 2.11. The van der Waals surface area contributed by atoms with E-state index >= 15 is 0 Å². The van der Waals surface area contributed by atoms with Crippen molar-refractivity contribution in [2.45, 2.75) is 32.7 Å². The van der Waals surface area contributed by atoms with E-state index in [-0.39, 0.29) is 12.5 Å². The molecule has 0 spiro atoms. The van der Waals surface area contributed by atoms with Crippen molar-refractivity contribution in [1.29, 1.82) is 0 Å². The highest BCUT2D eigenvalue weighted by Crippen LogP contribution is 2.21. The molecule has 106 valence electrons. The van der Waals surface area contributed by atoms with E-state index in [0.29, 0.717) is 5.58 Å². The number of carbonyl (C=O) groups is 1. The van der Waals surface area contributed by atoms with E-state index in [4.69, 9.17) is 16.0 Å². The molecule has 0 aliphatic carbocycles. The summed E-state index contributed by atoms with van der Waals surface area (Å²) in [6, 6.07) is 5.19. The second-order valence-electron chi connectivity index (χ2n) is 4.86. The molecule has 2 aromatic rings. The Kier molecular flexibility index (Phi) is 4.14. The molecule has 1 amide bonds. The summed E-state index contributed by atoms with van der Waals surface area (Å²) >= 11 is 5.70. The number of hydrogen-bond acceptors (Lipinski definition) is 3. The van der Waals surface area contributed by atoms with Crippen LogP contribution in [0.4, 0.5) is 0 Å². The fraction of sp³-hybridized carbons (Fsp3) is 0.333. The van der Waals surface area contributed by atoms with Gasteiger partial charge in [0.2, 0.25) is 5.91 Å². The van der Waals surface area contributed by atoms with Gasteiger partial charge in [-0.25, -0.2) is 4.79 Å². The van der Waals surface area contributed by atoms with Gasteiger partial charge in [-0.2, -0.15) is 0 Å². The molecule has 1 aromatic heterocycles. The van der Waals surface area contributed by atoms with Crippen molar-refractivity contribution >= 4 is 28.5 Å². The fourth-order valence-electron chi connectivity index (χ4n) is 1.95. The lowest BCUT2D eigenvalue weighted by atomic mass is 10.0. The zero-order valence-corrected chi connectivity index (χ0v) is 12.4. The Balaban J connectivity index is 2.44. The Hall–Kier alpha value is -1.81. The van der Waals surface area contributed by atoms with Gasteiger partial charge in [0.1, 0.15) is 11.0 Å². The molecule has 0 saturated carbocycles. The van der Waals surface area contributed by atoms with Crippen molar-refractivity contribution in [3.8, 4) is 0 Å². The third-order valence-corrected chi connectivity index (χ3v) is 3.46. The lowest BCUT2D eigenvalue weighted by Crippen LogP contribution is -2.29. The summed E-state index contributed by atoms with van der Waals surface area (Å²) in [5.74, 6) is -0.267. The predicted molar refractivity (Wildman–Crippen MR) is 79.1 cm³/mol. The molecule has 4 nitrogen and oxygen atoms in total. The van der Waals surface area contributed by atoms with Gasteiger partial charge in [-0.3, -0.25) is 4.79 Å². The SMILES string of the molecule is Cc1cc2oc(=O)cc(CNC(=O)C(C)Cl)c2cc1C. The summed E-state index contributed by atoms with van der Waals surface area (Å²) in [7, 11) is 0. The number of aryl methyl sites for hydroxylation is 2. The van der Waals surface area contributed by atoms with E-state index in [1.807, 2.05) is 26.0 Å². The monoisotopic (exact) mass is 293 g/mol. The lowest BCUT2D eigenvalue weighted by molar-refractivity contribution is -0.120. The molecule has 0 bridgehead atoms. The number of carbonyl (C=O) groups excluding carboxylic acids is 1. The molecule has 0 radical (unpaired) electrons. The molecule has 1 heterocycles. The Morgan fingerprint density at radius 1 is 1.30 bits per heavy atom. The van der Waals surface area contributed by atoms with Gasteiger partial charge in [-0.1, -0.05) is 0 Å². The highest BCUT2D eigenvalue weighted by molar-refractivity contribution is 6.30. The Bertz CT molecular complexity index is 719. The smallest absolute Gasteiger partial charge is 0.336 e. The average Bonchev–Trinajstić information content (AvgIpc) is 2.37. The Labute approximate surface area is 121 Å². The maximum Gasteiger partial charge on any atom is 0.336 e. The zero-order valence-electron chi connectivity index (χ0n) is 11.6. The van der Waals surface area contributed by atoms with Crippen molar-refractivity contribution < 1.29 is 9.21 Å². The molecule has 0 saturated heterocycles. The third-order valence-electron chi connectivity index (χ3n) is 3.26. The molecule has 20 heavy (non-hydrogen) atoms. The number of amides is 1. The lowest BCUT2D eigenvalue weighted by Gasteiger charge is -2.10. The topological polar surface area (TPSA) is 59.3 Å². The van der Waals surface area contributed by atoms with Gasteiger partial charge < -0.3 is 9.73 Å². The van der Waals surface area contributed by atoms with Gasteiger partial charge >= 0.3 is 5.63 Å². The summed E-state index contributed by atoms with van der Waals surface area (Å²) in [6.07, 6.45) is 0. The largest absolute Gasteiger partial charge is 0.423 e. The van der Waals surface area contributed by atoms with E-state index in [0.717, 1.165) is 22.1 Å². The fourth-order valence-corrected chi connectivity index (χ4v) is 2.03. The van der Waals surface area contributed by atoms with Gasteiger partial charge in [0.25, 0.3) is 0 Å². The molecule has 5 heteroatoms. The second kappa shape index (κ2) is 5.67. The maximum absolute atomic E-state index is 11.6. The number of rotatable bonds is 3. The van der Waals surface area contributed by atoms with Crippen LogP contribution in [0.1, 0.15) is 23.6 Å². The molecule has 1 aromatic carbocycles. The van der Waals surface area contributed by atoms with Crippen LogP contribution in [-0.2, 0) is 11.3 Å². The number of nitrogens with one attached hydrogen (secondary N) is 1. The van der Waals surface area contributed by atoms with Crippen LogP contribution in [0.3, 0.4) is 0 Å². The summed E-state index contributed by atoms with van der Waals surface area (Å²) in [4.78, 5) is 23.1. The molecule has 0 aliphatic heterocycles. The van der Waals surface area contributed by atoms with E-state index in [1.165, 1.54) is 6.07 Å². The van der Waals surface area contributed by atoms with E-state index in [2.05, 4.69) is 5.32 Å². The van der Waals surface area contributed by atoms with E-state index < -0.39 is 11.0 Å².